The second-order valence-corrected chi connectivity index (χ2v) is 3.59. The summed E-state index contributed by atoms with van der Waals surface area (Å²) < 4.78 is 5.45. The molecule has 3 atom stereocenters. The lowest BCUT2D eigenvalue weighted by Crippen LogP contribution is -2.62. The minimum absolute atomic E-state index is 0.00662. The fourth-order valence-electron chi connectivity index (χ4n) is 1.93. The van der Waals surface area contributed by atoms with Crippen LogP contribution < -0.4 is 10.6 Å². The monoisotopic (exact) mass is 170 g/mol. The number of nitrogens with one attached hydrogen (secondary N) is 2. The lowest BCUT2D eigenvalue weighted by Gasteiger charge is -2.40. The minimum atomic E-state index is 0.00662. The van der Waals surface area contributed by atoms with Crippen molar-refractivity contribution >= 4 is 5.91 Å². The van der Waals surface area contributed by atoms with E-state index in [1.807, 2.05) is 0 Å². The summed E-state index contributed by atoms with van der Waals surface area (Å²) in [5.41, 5.74) is 0. The van der Waals surface area contributed by atoms with Gasteiger partial charge in [0, 0.05) is 13.1 Å². The first-order valence-corrected chi connectivity index (χ1v) is 4.39. The molecule has 12 heavy (non-hydrogen) atoms. The Kier molecular flexibility index (Phi) is 2.02. The molecule has 1 unspecified atom stereocenters. The van der Waals surface area contributed by atoms with E-state index in [2.05, 4.69) is 17.6 Å². The summed E-state index contributed by atoms with van der Waals surface area (Å²) in [4.78, 5) is 11.0. The zero-order valence-corrected chi connectivity index (χ0v) is 7.17. The number of rotatable bonds is 0. The summed E-state index contributed by atoms with van der Waals surface area (Å²) >= 11 is 0. The largest absolute Gasteiger partial charge is 0.366 e. The first-order valence-electron chi connectivity index (χ1n) is 4.39. The van der Waals surface area contributed by atoms with Crippen LogP contribution in [-0.4, -0.2) is 37.7 Å². The van der Waals surface area contributed by atoms with Crippen LogP contribution >= 0.6 is 0 Å². The SMILES string of the molecule is C[C@@H]1CNC[C@H]2NC(=O)COC12. The van der Waals surface area contributed by atoms with Crippen molar-refractivity contribution in [2.75, 3.05) is 19.7 Å². The number of hydrogen-bond donors (Lipinski definition) is 2. The Labute approximate surface area is 71.7 Å². The number of carbonyl (C=O) groups excluding carboxylic acids is 1. The second-order valence-electron chi connectivity index (χ2n) is 3.59. The number of hydrogen-bond acceptors (Lipinski definition) is 3. The van der Waals surface area contributed by atoms with Crippen LogP contribution in [0.4, 0.5) is 0 Å². The maximum atomic E-state index is 11.0. The van der Waals surface area contributed by atoms with Gasteiger partial charge in [0.05, 0.1) is 12.1 Å². The molecule has 4 nitrogen and oxygen atoms in total. The highest BCUT2D eigenvalue weighted by Crippen LogP contribution is 2.17. The molecule has 2 heterocycles. The molecule has 0 aromatic heterocycles. The molecule has 2 aliphatic heterocycles. The van der Waals surface area contributed by atoms with Gasteiger partial charge in [-0.15, -0.1) is 0 Å². The lowest BCUT2D eigenvalue weighted by atomic mass is 9.93. The molecule has 68 valence electrons. The molecule has 2 rings (SSSR count). The van der Waals surface area contributed by atoms with E-state index in [-0.39, 0.29) is 24.7 Å². The molecular formula is C8H14N2O2. The molecule has 2 aliphatic rings. The van der Waals surface area contributed by atoms with Gasteiger partial charge in [-0.2, -0.15) is 0 Å². The van der Waals surface area contributed by atoms with Crippen LogP contribution in [0.3, 0.4) is 0 Å². The molecule has 0 aromatic carbocycles. The molecule has 0 aliphatic carbocycles. The third-order valence-corrected chi connectivity index (χ3v) is 2.54. The Bertz CT molecular complexity index is 195. The fourth-order valence-corrected chi connectivity index (χ4v) is 1.93. The first-order chi connectivity index (χ1) is 5.77. The van der Waals surface area contributed by atoms with Gasteiger partial charge in [0.2, 0.25) is 5.91 Å². The average molecular weight is 170 g/mol. The summed E-state index contributed by atoms with van der Waals surface area (Å²) in [6.45, 7) is 4.19. The summed E-state index contributed by atoms with van der Waals surface area (Å²) in [6, 6.07) is 0.176. The Balaban J connectivity index is 2.04. The van der Waals surface area contributed by atoms with Gasteiger partial charge >= 0.3 is 0 Å². The number of morpholine rings is 1. The van der Waals surface area contributed by atoms with E-state index in [1.54, 1.807) is 0 Å². The highest BCUT2D eigenvalue weighted by molar-refractivity contribution is 5.78. The first kappa shape index (κ1) is 8.01. The van der Waals surface area contributed by atoms with Crippen molar-refractivity contribution in [2.24, 2.45) is 5.92 Å². The topological polar surface area (TPSA) is 50.4 Å². The van der Waals surface area contributed by atoms with E-state index in [0.717, 1.165) is 13.1 Å². The standard InChI is InChI=1S/C8H14N2O2/c1-5-2-9-3-6-8(5)12-4-7(11)10-6/h5-6,8-9H,2-4H2,1H3,(H,10,11)/t5-,6-,8?/m1/s1. The van der Waals surface area contributed by atoms with E-state index < -0.39 is 0 Å². The fraction of sp³-hybridized carbons (Fsp3) is 0.875. The van der Waals surface area contributed by atoms with E-state index in [4.69, 9.17) is 4.74 Å². The normalized spacial score (nSPS) is 41.8. The molecular weight excluding hydrogens is 156 g/mol. The van der Waals surface area contributed by atoms with Crippen LogP contribution in [0.1, 0.15) is 6.92 Å². The predicted octanol–water partition coefficient (Wildman–Crippen LogP) is -0.891. The van der Waals surface area contributed by atoms with E-state index in [1.165, 1.54) is 0 Å². The summed E-state index contributed by atoms with van der Waals surface area (Å²) in [6.07, 6.45) is 0.212. The number of piperidine rings is 1. The van der Waals surface area contributed by atoms with Crippen molar-refractivity contribution in [3.05, 3.63) is 0 Å². The van der Waals surface area contributed by atoms with Crippen molar-refractivity contribution < 1.29 is 9.53 Å². The van der Waals surface area contributed by atoms with Crippen LogP contribution in [0.5, 0.6) is 0 Å². The molecule has 0 bridgehead atoms. The molecule has 0 aromatic rings. The van der Waals surface area contributed by atoms with Crippen LogP contribution in [0.15, 0.2) is 0 Å². The smallest absolute Gasteiger partial charge is 0.246 e. The molecule has 2 saturated heterocycles. The van der Waals surface area contributed by atoms with Crippen molar-refractivity contribution in [1.29, 1.82) is 0 Å². The zero-order chi connectivity index (χ0) is 8.55. The Morgan fingerprint density at radius 3 is 3.17 bits per heavy atom. The number of amides is 1. The number of carbonyl (C=O) groups is 1. The van der Waals surface area contributed by atoms with E-state index >= 15 is 0 Å². The van der Waals surface area contributed by atoms with Crippen molar-refractivity contribution in [2.45, 2.75) is 19.1 Å². The third kappa shape index (κ3) is 1.32. The number of fused-ring (bicyclic) bond motifs is 1. The maximum Gasteiger partial charge on any atom is 0.246 e. The average Bonchev–Trinajstić information content (AvgIpc) is 2.04. The van der Waals surface area contributed by atoms with Gasteiger partial charge < -0.3 is 15.4 Å². The van der Waals surface area contributed by atoms with Crippen LogP contribution in [0.25, 0.3) is 0 Å². The Morgan fingerprint density at radius 2 is 2.33 bits per heavy atom. The number of ether oxygens (including phenoxy) is 1. The molecule has 0 saturated carbocycles. The van der Waals surface area contributed by atoms with Gasteiger partial charge in [-0.3, -0.25) is 4.79 Å². The van der Waals surface area contributed by atoms with Gasteiger partial charge in [0.25, 0.3) is 0 Å². The second kappa shape index (κ2) is 3.03. The molecule has 2 N–H and O–H groups in total. The lowest BCUT2D eigenvalue weighted by molar-refractivity contribution is -0.141. The van der Waals surface area contributed by atoms with Crippen molar-refractivity contribution in [1.82, 2.24) is 10.6 Å². The minimum Gasteiger partial charge on any atom is -0.366 e. The van der Waals surface area contributed by atoms with Gasteiger partial charge in [0.1, 0.15) is 6.61 Å². The quantitative estimate of drug-likeness (QED) is 0.496. The zero-order valence-electron chi connectivity index (χ0n) is 7.17. The van der Waals surface area contributed by atoms with Gasteiger partial charge in [-0.1, -0.05) is 6.92 Å². The maximum absolute atomic E-state index is 11.0. The molecule has 0 radical (unpaired) electrons. The van der Waals surface area contributed by atoms with Crippen molar-refractivity contribution in [3.8, 4) is 0 Å². The van der Waals surface area contributed by atoms with Gasteiger partial charge in [-0.25, -0.2) is 0 Å². The molecule has 1 amide bonds. The van der Waals surface area contributed by atoms with E-state index in [9.17, 15) is 4.79 Å². The molecule has 0 spiro atoms. The molecule has 2 fully saturated rings. The summed E-state index contributed by atoms with van der Waals surface area (Å²) in [5.74, 6) is 0.497. The summed E-state index contributed by atoms with van der Waals surface area (Å²) in [7, 11) is 0. The Hall–Kier alpha value is -0.610. The van der Waals surface area contributed by atoms with Crippen LogP contribution in [0, 0.1) is 5.92 Å². The van der Waals surface area contributed by atoms with Crippen molar-refractivity contribution in [3.63, 3.8) is 0 Å². The Morgan fingerprint density at radius 1 is 1.50 bits per heavy atom. The molecule has 4 heteroatoms. The highest BCUT2D eigenvalue weighted by Gasteiger charge is 2.35. The summed E-state index contributed by atoms with van der Waals surface area (Å²) in [5, 5.41) is 6.18. The van der Waals surface area contributed by atoms with Crippen LogP contribution in [-0.2, 0) is 9.53 Å². The van der Waals surface area contributed by atoms with E-state index in [0.29, 0.717) is 5.92 Å². The van der Waals surface area contributed by atoms with Gasteiger partial charge in [-0.05, 0) is 5.92 Å². The predicted molar refractivity (Wildman–Crippen MR) is 43.7 cm³/mol. The van der Waals surface area contributed by atoms with Gasteiger partial charge in [0.15, 0.2) is 0 Å². The third-order valence-electron chi connectivity index (χ3n) is 2.54. The highest BCUT2D eigenvalue weighted by atomic mass is 16.5. The van der Waals surface area contributed by atoms with Crippen LogP contribution in [0.2, 0.25) is 0 Å².